The number of nitro benzene ring substituents is 1. The topological polar surface area (TPSA) is 107 Å². The van der Waals surface area contributed by atoms with Gasteiger partial charge in [-0.25, -0.2) is 8.42 Å². The molecule has 0 aliphatic carbocycles. The molecule has 9 heteroatoms. The number of nitrogens with zero attached hydrogens (tertiary/aromatic N) is 2. The third-order valence-electron chi connectivity index (χ3n) is 2.29. The molecule has 1 rings (SSSR count). The van der Waals surface area contributed by atoms with Crippen LogP contribution in [0.2, 0.25) is 0 Å². The summed E-state index contributed by atoms with van der Waals surface area (Å²) < 4.78 is 21.9. The van der Waals surface area contributed by atoms with Crippen LogP contribution < -0.4 is 5.73 Å². The van der Waals surface area contributed by atoms with E-state index in [4.69, 9.17) is 5.73 Å². The van der Waals surface area contributed by atoms with Gasteiger partial charge in [-0.2, -0.15) is 0 Å². The van der Waals surface area contributed by atoms with E-state index in [9.17, 15) is 18.5 Å². The Labute approximate surface area is 139 Å². The molecule has 0 saturated carbocycles. The summed E-state index contributed by atoms with van der Waals surface area (Å²) in [6.07, 6.45) is 1.23. The fraction of sp³-hybridized carbons (Fsp3) is 0.500. The van der Waals surface area contributed by atoms with Gasteiger partial charge in [0.05, 0.1) is 16.0 Å². The van der Waals surface area contributed by atoms with E-state index in [1.54, 1.807) is 0 Å². The average Bonchev–Trinajstić information content (AvgIpc) is 2.40. The molecule has 21 heavy (non-hydrogen) atoms. The second-order valence-corrected chi connectivity index (χ2v) is 6.24. The first kappa shape index (κ1) is 22.5. The molecule has 0 saturated heterocycles. The molecule has 0 aliphatic heterocycles. The summed E-state index contributed by atoms with van der Waals surface area (Å²) in [5, 5.41) is 10.2. The number of hydrogen-bond acceptors (Lipinski definition) is 6. The minimum atomic E-state index is -3.27. The van der Waals surface area contributed by atoms with Gasteiger partial charge in [-0.15, -0.1) is 0 Å². The van der Waals surface area contributed by atoms with Crippen LogP contribution in [0.3, 0.4) is 0 Å². The van der Waals surface area contributed by atoms with Crippen molar-refractivity contribution < 1.29 is 13.3 Å². The average molecular weight is 431 g/mol. The van der Waals surface area contributed by atoms with Crippen LogP contribution in [-0.4, -0.2) is 49.7 Å². The number of non-ortho nitro benzene ring substituents is 1. The van der Waals surface area contributed by atoms with E-state index in [1.165, 1.54) is 12.1 Å². The molecule has 2 N–H and O–H groups in total. The highest BCUT2D eigenvalue weighted by Gasteiger charge is 2.09. The van der Waals surface area contributed by atoms with E-state index in [2.05, 4.69) is 22.6 Å². The maximum absolute atomic E-state index is 10.9. The molecular formula is C12H22IN3O4S. The van der Waals surface area contributed by atoms with Gasteiger partial charge >= 0.3 is 0 Å². The van der Waals surface area contributed by atoms with Gasteiger partial charge in [-0.05, 0) is 38.1 Å². The van der Waals surface area contributed by atoms with Crippen molar-refractivity contribution in [2.75, 3.05) is 25.3 Å². The van der Waals surface area contributed by atoms with Crippen LogP contribution >= 0.6 is 22.6 Å². The Bertz CT molecular complexity index is 510. The summed E-state index contributed by atoms with van der Waals surface area (Å²) >= 11 is 2.15. The Hall–Kier alpha value is -0.780. The Balaban J connectivity index is 0. The SMILES string of the molecule is CC(N)N(C)C.CI.CS(=O)(=O)c1ccc([N+](=O)[O-])cc1. The number of hydrogen-bond donors (Lipinski definition) is 1. The summed E-state index contributed by atoms with van der Waals surface area (Å²) in [5.41, 5.74) is 5.24. The van der Waals surface area contributed by atoms with E-state index in [-0.39, 0.29) is 16.7 Å². The van der Waals surface area contributed by atoms with Gasteiger partial charge in [-0.1, -0.05) is 22.6 Å². The first-order valence-electron chi connectivity index (χ1n) is 5.80. The van der Waals surface area contributed by atoms with Gasteiger partial charge in [0.2, 0.25) is 0 Å². The first-order valence-corrected chi connectivity index (χ1v) is 9.85. The lowest BCUT2D eigenvalue weighted by Gasteiger charge is -2.12. The standard InChI is InChI=1S/C7H7NO4S.C4H12N2.CH3I/c1-13(11,12)7-4-2-6(3-5-7)8(9)10;1-4(5)6(2)3;1-2/h2-5H,1H3;4H,5H2,1-3H3;1H3. The Morgan fingerprint density at radius 2 is 1.57 bits per heavy atom. The second-order valence-electron chi connectivity index (χ2n) is 4.23. The first-order chi connectivity index (χ1) is 9.55. The highest BCUT2D eigenvalue weighted by Crippen LogP contribution is 2.15. The largest absolute Gasteiger partial charge is 0.316 e. The Morgan fingerprint density at radius 1 is 1.24 bits per heavy atom. The second kappa shape index (κ2) is 10.9. The molecule has 0 amide bonds. The normalized spacial score (nSPS) is 11.6. The van der Waals surface area contributed by atoms with Crippen LogP contribution in [-0.2, 0) is 9.84 Å². The van der Waals surface area contributed by atoms with Crippen LogP contribution in [0.25, 0.3) is 0 Å². The van der Waals surface area contributed by atoms with Gasteiger partial charge < -0.3 is 5.73 Å². The number of benzene rings is 1. The van der Waals surface area contributed by atoms with Crippen LogP contribution in [0.15, 0.2) is 29.2 Å². The molecule has 122 valence electrons. The molecule has 0 aliphatic rings. The van der Waals surface area contributed by atoms with E-state index in [1.807, 2.05) is 30.8 Å². The highest BCUT2D eigenvalue weighted by molar-refractivity contribution is 14.1. The molecule has 1 unspecified atom stereocenters. The van der Waals surface area contributed by atoms with Crippen molar-refractivity contribution >= 4 is 38.1 Å². The quantitative estimate of drug-likeness (QED) is 0.258. The number of halogens is 1. The number of rotatable bonds is 3. The molecular weight excluding hydrogens is 409 g/mol. The van der Waals surface area contributed by atoms with Crippen LogP contribution in [0.5, 0.6) is 0 Å². The third kappa shape index (κ3) is 10.6. The van der Waals surface area contributed by atoms with Gasteiger partial charge in [0.1, 0.15) is 0 Å². The summed E-state index contributed by atoms with van der Waals surface area (Å²) in [4.78, 5) is 13.6. The molecule has 0 bridgehead atoms. The van der Waals surface area contributed by atoms with Crippen LogP contribution in [0.1, 0.15) is 6.92 Å². The van der Waals surface area contributed by atoms with Gasteiger partial charge in [0, 0.05) is 18.4 Å². The predicted octanol–water partition coefficient (Wildman–Crippen LogP) is 1.90. The van der Waals surface area contributed by atoms with Crippen molar-refractivity contribution in [1.29, 1.82) is 0 Å². The van der Waals surface area contributed by atoms with Crippen LogP contribution in [0, 0.1) is 10.1 Å². The summed E-state index contributed by atoms with van der Waals surface area (Å²) in [6.45, 7) is 1.94. The lowest BCUT2D eigenvalue weighted by atomic mass is 10.3. The van der Waals surface area contributed by atoms with Crippen molar-refractivity contribution in [2.24, 2.45) is 5.73 Å². The summed E-state index contributed by atoms with van der Waals surface area (Å²) in [7, 11) is 0.630. The van der Waals surface area contributed by atoms with E-state index in [0.29, 0.717) is 0 Å². The van der Waals surface area contributed by atoms with Crippen molar-refractivity contribution in [1.82, 2.24) is 4.90 Å². The zero-order valence-corrected chi connectivity index (χ0v) is 15.8. The van der Waals surface area contributed by atoms with E-state index < -0.39 is 14.8 Å². The fourth-order valence-corrected chi connectivity index (χ4v) is 1.45. The summed E-state index contributed by atoms with van der Waals surface area (Å²) in [5.74, 6) is 0. The molecule has 1 aromatic carbocycles. The minimum absolute atomic E-state index is 0.0816. The third-order valence-corrected chi connectivity index (χ3v) is 3.42. The summed E-state index contributed by atoms with van der Waals surface area (Å²) in [6, 6.07) is 4.76. The van der Waals surface area contributed by atoms with Gasteiger partial charge in [-0.3, -0.25) is 15.0 Å². The molecule has 1 aromatic rings. The molecule has 0 radical (unpaired) electrons. The van der Waals surface area contributed by atoms with E-state index in [0.717, 1.165) is 18.4 Å². The Morgan fingerprint density at radius 3 is 1.76 bits per heavy atom. The van der Waals surface area contributed by atoms with Crippen molar-refractivity contribution in [3.8, 4) is 0 Å². The number of alkyl halides is 1. The molecule has 1 atom stereocenters. The molecule has 0 spiro atoms. The van der Waals surface area contributed by atoms with Crippen molar-refractivity contribution in [3.05, 3.63) is 34.4 Å². The van der Waals surface area contributed by atoms with Crippen molar-refractivity contribution in [3.63, 3.8) is 0 Å². The lowest BCUT2D eigenvalue weighted by molar-refractivity contribution is -0.384. The van der Waals surface area contributed by atoms with Crippen molar-refractivity contribution in [2.45, 2.75) is 18.0 Å². The number of nitro groups is 1. The molecule has 0 heterocycles. The zero-order valence-electron chi connectivity index (χ0n) is 12.8. The molecule has 0 fully saturated rings. The molecule has 0 aromatic heterocycles. The van der Waals surface area contributed by atoms with E-state index >= 15 is 0 Å². The fourth-order valence-electron chi connectivity index (χ4n) is 0.815. The predicted molar refractivity (Wildman–Crippen MR) is 93.5 cm³/mol. The van der Waals surface area contributed by atoms with Crippen LogP contribution in [0.4, 0.5) is 5.69 Å². The molecule has 7 nitrogen and oxygen atoms in total. The van der Waals surface area contributed by atoms with Gasteiger partial charge in [0.15, 0.2) is 9.84 Å². The zero-order chi connectivity index (χ0) is 17.2. The minimum Gasteiger partial charge on any atom is -0.316 e. The maximum atomic E-state index is 10.9. The van der Waals surface area contributed by atoms with Gasteiger partial charge in [0.25, 0.3) is 5.69 Å². The highest BCUT2D eigenvalue weighted by atomic mass is 127. The Kier molecular flexibility index (Phi) is 11.7. The number of nitrogens with two attached hydrogens (primary N) is 1. The smallest absolute Gasteiger partial charge is 0.269 e. The number of sulfone groups is 1. The monoisotopic (exact) mass is 431 g/mol. The lowest BCUT2D eigenvalue weighted by Crippen LogP contribution is -2.32. The maximum Gasteiger partial charge on any atom is 0.269 e.